The summed E-state index contributed by atoms with van der Waals surface area (Å²) in [5, 5.41) is 14.5. The average Bonchev–Trinajstić information content (AvgIpc) is 2.83. The van der Waals surface area contributed by atoms with E-state index in [4.69, 9.17) is 0 Å². The molecule has 2 aromatic rings. The Morgan fingerprint density at radius 2 is 2.32 bits per heavy atom. The van der Waals surface area contributed by atoms with Crippen molar-refractivity contribution < 1.29 is 9.31 Å². The minimum atomic E-state index is -0.844. The number of hydrogen-bond donors (Lipinski definition) is 1. The molecular formula is C12H12FN3O2S. The lowest BCUT2D eigenvalue weighted by Gasteiger charge is -2.05. The topological polar surface area (TPSA) is 68.1 Å². The first kappa shape index (κ1) is 13.4. The predicted molar refractivity (Wildman–Crippen MR) is 71.9 cm³/mol. The lowest BCUT2D eigenvalue weighted by molar-refractivity contribution is -0.386. The molecule has 1 aromatic carbocycles. The van der Waals surface area contributed by atoms with Crippen molar-refractivity contribution in [1.29, 1.82) is 0 Å². The van der Waals surface area contributed by atoms with E-state index in [9.17, 15) is 14.5 Å². The first-order chi connectivity index (χ1) is 9.11. The van der Waals surface area contributed by atoms with Crippen molar-refractivity contribution in [2.75, 3.05) is 5.32 Å². The summed E-state index contributed by atoms with van der Waals surface area (Å²) >= 11 is 1.53. The van der Waals surface area contributed by atoms with Crippen LogP contribution < -0.4 is 5.32 Å². The van der Waals surface area contributed by atoms with Crippen LogP contribution in [0.2, 0.25) is 0 Å². The Kier molecular flexibility index (Phi) is 4.06. The number of rotatable bonds is 5. The maximum Gasteiger partial charge on any atom is 0.327 e. The minimum absolute atomic E-state index is 0.165. The Hall–Kier alpha value is -2.02. The van der Waals surface area contributed by atoms with Crippen LogP contribution >= 0.6 is 11.3 Å². The molecule has 0 aliphatic heterocycles. The summed E-state index contributed by atoms with van der Waals surface area (Å²) in [4.78, 5) is 15.4. The van der Waals surface area contributed by atoms with Crippen molar-refractivity contribution in [2.24, 2.45) is 0 Å². The number of anilines is 1. The van der Waals surface area contributed by atoms with E-state index in [0.29, 0.717) is 6.54 Å². The number of aromatic nitrogens is 1. The number of thiazole rings is 1. The van der Waals surface area contributed by atoms with Gasteiger partial charge in [-0.3, -0.25) is 10.1 Å². The smallest absolute Gasteiger partial charge is 0.327 e. The quantitative estimate of drug-likeness (QED) is 0.674. The van der Waals surface area contributed by atoms with Crippen molar-refractivity contribution in [3.05, 3.63) is 50.2 Å². The fraction of sp³-hybridized carbons (Fsp3) is 0.250. The van der Waals surface area contributed by atoms with E-state index in [2.05, 4.69) is 10.3 Å². The summed E-state index contributed by atoms with van der Waals surface area (Å²) in [6.45, 7) is 2.37. The summed E-state index contributed by atoms with van der Waals surface area (Å²) in [6, 6.07) is 3.99. The van der Waals surface area contributed by atoms with Gasteiger partial charge in [-0.25, -0.2) is 4.98 Å². The Bertz CT molecular complexity index is 600. The third-order valence-electron chi connectivity index (χ3n) is 2.55. The lowest BCUT2D eigenvalue weighted by Crippen LogP contribution is -2.03. The SMILES string of the molecule is CCc1cnc(CNc2cccc(F)c2[N+](=O)[O-])s1. The van der Waals surface area contributed by atoms with Crippen molar-refractivity contribution in [3.63, 3.8) is 0 Å². The van der Waals surface area contributed by atoms with Gasteiger partial charge in [0, 0.05) is 11.1 Å². The molecule has 1 aromatic heterocycles. The first-order valence-electron chi connectivity index (χ1n) is 5.72. The average molecular weight is 281 g/mol. The number of nitro groups is 1. The monoisotopic (exact) mass is 281 g/mol. The molecule has 0 saturated heterocycles. The Balaban J connectivity index is 2.15. The molecule has 0 unspecified atom stereocenters. The third-order valence-corrected chi connectivity index (χ3v) is 3.69. The molecule has 0 saturated carbocycles. The number of para-hydroxylation sites is 1. The Morgan fingerprint density at radius 3 is 2.95 bits per heavy atom. The number of halogens is 1. The van der Waals surface area contributed by atoms with Crippen molar-refractivity contribution >= 4 is 22.7 Å². The molecule has 100 valence electrons. The first-order valence-corrected chi connectivity index (χ1v) is 6.53. The molecule has 1 heterocycles. The van der Waals surface area contributed by atoms with E-state index in [-0.39, 0.29) is 5.69 Å². The molecule has 7 heteroatoms. The van der Waals surface area contributed by atoms with E-state index in [1.807, 2.05) is 6.92 Å². The Morgan fingerprint density at radius 1 is 1.53 bits per heavy atom. The molecule has 0 spiro atoms. The van der Waals surface area contributed by atoms with Gasteiger partial charge in [0.2, 0.25) is 5.82 Å². The molecule has 5 nitrogen and oxygen atoms in total. The van der Waals surface area contributed by atoms with Crippen molar-refractivity contribution in [2.45, 2.75) is 19.9 Å². The van der Waals surface area contributed by atoms with Gasteiger partial charge in [-0.1, -0.05) is 13.0 Å². The van der Waals surface area contributed by atoms with Crippen LogP contribution in [0, 0.1) is 15.9 Å². The summed E-state index contributed by atoms with van der Waals surface area (Å²) in [6.07, 6.45) is 2.68. The van der Waals surface area contributed by atoms with Gasteiger partial charge in [-0.2, -0.15) is 4.39 Å². The normalized spacial score (nSPS) is 10.4. The summed E-state index contributed by atoms with van der Waals surface area (Å²) in [5.41, 5.74) is -0.368. The van der Waals surface area contributed by atoms with Crippen LogP contribution in [0.3, 0.4) is 0 Å². The maximum atomic E-state index is 13.4. The molecule has 2 rings (SSSR count). The lowest BCUT2D eigenvalue weighted by atomic mass is 10.2. The highest BCUT2D eigenvalue weighted by Crippen LogP contribution is 2.27. The van der Waals surface area contributed by atoms with E-state index in [1.165, 1.54) is 23.5 Å². The number of nitrogens with one attached hydrogen (secondary N) is 1. The van der Waals surface area contributed by atoms with Crippen LogP contribution in [-0.2, 0) is 13.0 Å². The van der Waals surface area contributed by atoms with Crippen molar-refractivity contribution in [3.8, 4) is 0 Å². The number of benzene rings is 1. The van der Waals surface area contributed by atoms with Gasteiger partial charge in [0.15, 0.2) is 0 Å². The number of nitrogens with zero attached hydrogens (tertiary/aromatic N) is 2. The highest BCUT2D eigenvalue weighted by Gasteiger charge is 2.19. The summed E-state index contributed by atoms with van der Waals surface area (Å²) < 4.78 is 13.4. The fourth-order valence-electron chi connectivity index (χ4n) is 1.61. The molecule has 0 radical (unpaired) electrons. The molecule has 19 heavy (non-hydrogen) atoms. The predicted octanol–water partition coefficient (Wildman–Crippen LogP) is 3.36. The minimum Gasteiger partial charge on any atom is -0.373 e. The number of aryl methyl sites for hydroxylation is 1. The second-order valence-electron chi connectivity index (χ2n) is 3.82. The molecule has 0 bridgehead atoms. The largest absolute Gasteiger partial charge is 0.373 e. The van der Waals surface area contributed by atoms with Crippen LogP contribution in [-0.4, -0.2) is 9.91 Å². The van der Waals surface area contributed by atoms with E-state index in [0.717, 1.165) is 22.4 Å². The molecule has 0 atom stereocenters. The molecular weight excluding hydrogens is 269 g/mol. The number of hydrogen-bond acceptors (Lipinski definition) is 5. The van der Waals surface area contributed by atoms with Crippen LogP contribution in [0.1, 0.15) is 16.8 Å². The second kappa shape index (κ2) is 5.75. The molecule has 0 aliphatic carbocycles. The van der Waals surface area contributed by atoms with Gasteiger partial charge in [0.25, 0.3) is 0 Å². The fourth-order valence-corrected chi connectivity index (χ4v) is 2.41. The van der Waals surface area contributed by atoms with Gasteiger partial charge in [-0.15, -0.1) is 11.3 Å². The standard InChI is InChI=1S/C12H12FN3O2S/c1-2-8-6-15-11(19-8)7-14-10-5-3-4-9(13)12(10)16(17)18/h3-6,14H,2,7H2,1H3. The van der Waals surface area contributed by atoms with Crippen LogP contribution in [0.4, 0.5) is 15.8 Å². The Labute approximate surface area is 113 Å². The third kappa shape index (κ3) is 3.05. The number of nitro benzene ring substituents is 1. The second-order valence-corrected chi connectivity index (χ2v) is 5.02. The zero-order chi connectivity index (χ0) is 13.8. The highest BCUT2D eigenvalue weighted by atomic mass is 32.1. The van der Waals surface area contributed by atoms with E-state index < -0.39 is 16.4 Å². The highest BCUT2D eigenvalue weighted by molar-refractivity contribution is 7.11. The van der Waals surface area contributed by atoms with E-state index >= 15 is 0 Å². The maximum absolute atomic E-state index is 13.4. The molecule has 0 aliphatic rings. The molecule has 0 amide bonds. The van der Waals surface area contributed by atoms with E-state index in [1.54, 1.807) is 6.20 Å². The van der Waals surface area contributed by atoms with Gasteiger partial charge < -0.3 is 5.32 Å². The van der Waals surface area contributed by atoms with Crippen LogP contribution in [0.15, 0.2) is 24.4 Å². The zero-order valence-corrected chi connectivity index (χ0v) is 11.0. The summed E-state index contributed by atoms with van der Waals surface area (Å²) in [5.74, 6) is -0.844. The van der Waals surface area contributed by atoms with Crippen molar-refractivity contribution in [1.82, 2.24) is 4.98 Å². The van der Waals surface area contributed by atoms with Gasteiger partial charge in [0.05, 0.1) is 11.5 Å². The zero-order valence-electron chi connectivity index (χ0n) is 10.2. The van der Waals surface area contributed by atoms with Gasteiger partial charge >= 0.3 is 5.69 Å². The summed E-state index contributed by atoms with van der Waals surface area (Å²) in [7, 11) is 0. The molecule has 0 fully saturated rings. The van der Waals surface area contributed by atoms with Crippen LogP contribution in [0.5, 0.6) is 0 Å². The van der Waals surface area contributed by atoms with Gasteiger partial charge in [-0.05, 0) is 18.6 Å². The van der Waals surface area contributed by atoms with Crippen LogP contribution in [0.25, 0.3) is 0 Å². The van der Waals surface area contributed by atoms with Gasteiger partial charge in [0.1, 0.15) is 10.7 Å². The molecule has 1 N–H and O–H groups in total.